The number of anilines is 1. The average molecular weight is 379 g/mol. The number of H-pyrrole nitrogens is 1. The molecule has 25 heavy (non-hydrogen) atoms. The number of aromatic nitrogens is 2. The van der Waals surface area contributed by atoms with Gasteiger partial charge in [-0.25, -0.2) is 13.2 Å². The standard InChI is InChI=1S/C13H12F3N3O5S/c1-2-23-12(20)8-7-17-18-11(8)19-25(21,22)10-6-4-3-5-9(10)24-13(14,15)16/h3-7H,2H2,1H3,(H2,17,18,19). The van der Waals surface area contributed by atoms with E-state index in [0.717, 1.165) is 18.3 Å². The van der Waals surface area contributed by atoms with Crippen molar-refractivity contribution >= 4 is 21.8 Å². The van der Waals surface area contributed by atoms with Gasteiger partial charge in [0.05, 0.1) is 12.8 Å². The summed E-state index contributed by atoms with van der Waals surface area (Å²) < 4.78 is 72.4. The summed E-state index contributed by atoms with van der Waals surface area (Å²) in [5, 5.41) is 5.76. The minimum Gasteiger partial charge on any atom is -0.462 e. The van der Waals surface area contributed by atoms with E-state index in [1.807, 2.05) is 4.72 Å². The van der Waals surface area contributed by atoms with Crippen LogP contribution in [0.25, 0.3) is 0 Å². The number of carbonyl (C=O) groups is 1. The number of para-hydroxylation sites is 1. The number of benzene rings is 1. The lowest BCUT2D eigenvalue weighted by atomic mass is 10.3. The number of carbonyl (C=O) groups excluding carboxylic acids is 1. The van der Waals surface area contributed by atoms with Gasteiger partial charge in [0.25, 0.3) is 10.0 Å². The monoisotopic (exact) mass is 379 g/mol. The second kappa shape index (κ2) is 7.01. The molecule has 0 bridgehead atoms. The molecule has 0 aliphatic carbocycles. The highest BCUT2D eigenvalue weighted by Crippen LogP contribution is 2.30. The Hall–Kier alpha value is -2.76. The number of halogens is 3. The first-order valence-electron chi connectivity index (χ1n) is 6.72. The van der Waals surface area contributed by atoms with Gasteiger partial charge < -0.3 is 9.47 Å². The first-order valence-corrected chi connectivity index (χ1v) is 8.20. The molecule has 2 N–H and O–H groups in total. The topological polar surface area (TPSA) is 110 Å². The van der Waals surface area contributed by atoms with Gasteiger partial charge in [-0.05, 0) is 19.1 Å². The Bertz CT molecular complexity index is 864. The zero-order chi connectivity index (χ0) is 18.7. The zero-order valence-electron chi connectivity index (χ0n) is 12.6. The molecule has 0 aliphatic heterocycles. The minimum atomic E-state index is -5.07. The summed E-state index contributed by atoms with van der Waals surface area (Å²) >= 11 is 0. The van der Waals surface area contributed by atoms with Crippen LogP contribution in [0.5, 0.6) is 5.75 Å². The summed E-state index contributed by atoms with van der Waals surface area (Å²) in [6, 6.07) is 4.17. The summed E-state index contributed by atoms with van der Waals surface area (Å²) in [6.45, 7) is 1.59. The fourth-order valence-electron chi connectivity index (χ4n) is 1.80. The molecular formula is C13H12F3N3O5S. The van der Waals surface area contributed by atoms with Gasteiger partial charge in [-0.15, -0.1) is 13.2 Å². The van der Waals surface area contributed by atoms with Gasteiger partial charge in [0.15, 0.2) is 0 Å². The highest BCUT2D eigenvalue weighted by atomic mass is 32.2. The van der Waals surface area contributed by atoms with E-state index in [1.54, 1.807) is 6.92 Å². The lowest BCUT2D eigenvalue weighted by Crippen LogP contribution is -2.21. The summed E-state index contributed by atoms with van der Waals surface area (Å²) in [5.41, 5.74) is -0.223. The van der Waals surface area contributed by atoms with Crippen LogP contribution in [-0.4, -0.2) is 37.6 Å². The molecule has 1 aromatic heterocycles. The largest absolute Gasteiger partial charge is 0.573 e. The van der Waals surface area contributed by atoms with Crippen molar-refractivity contribution < 1.29 is 35.9 Å². The van der Waals surface area contributed by atoms with Crippen molar-refractivity contribution in [1.82, 2.24) is 10.2 Å². The van der Waals surface area contributed by atoms with Crippen LogP contribution in [0.4, 0.5) is 19.0 Å². The molecule has 1 aromatic carbocycles. The number of hydrogen-bond acceptors (Lipinski definition) is 6. The third-order valence-corrected chi connectivity index (χ3v) is 4.12. The van der Waals surface area contributed by atoms with Crippen LogP contribution in [0, 0.1) is 0 Å². The lowest BCUT2D eigenvalue weighted by molar-refractivity contribution is -0.275. The smallest absolute Gasteiger partial charge is 0.462 e. The van der Waals surface area contributed by atoms with Crippen LogP contribution in [0.15, 0.2) is 35.4 Å². The number of esters is 1. The molecule has 0 saturated heterocycles. The van der Waals surface area contributed by atoms with Crippen LogP contribution in [0.3, 0.4) is 0 Å². The van der Waals surface area contributed by atoms with Crippen molar-refractivity contribution in [1.29, 1.82) is 0 Å². The van der Waals surface area contributed by atoms with Gasteiger partial charge in [-0.3, -0.25) is 9.82 Å². The van der Waals surface area contributed by atoms with E-state index < -0.39 is 33.0 Å². The Morgan fingerprint density at radius 2 is 2.00 bits per heavy atom. The van der Waals surface area contributed by atoms with E-state index in [0.29, 0.717) is 0 Å². The Balaban J connectivity index is 2.36. The molecule has 0 aliphatic rings. The minimum absolute atomic E-state index is 0.0401. The van der Waals surface area contributed by atoms with Crippen LogP contribution < -0.4 is 9.46 Å². The average Bonchev–Trinajstić information content (AvgIpc) is 2.93. The highest BCUT2D eigenvalue weighted by molar-refractivity contribution is 7.92. The maximum absolute atomic E-state index is 12.4. The predicted molar refractivity (Wildman–Crippen MR) is 78.5 cm³/mol. The number of aromatic amines is 1. The molecule has 136 valence electrons. The van der Waals surface area contributed by atoms with E-state index in [-0.39, 0.29) is 18.0 Å². The van der Waals surface area contributed by atoms with Gasteiger partial charge >= 0.3 is 12.3 Å². The number of sulfonamides is 1. The van der Waals surface area contributed by atoms with Crippen LogP contribution in [0.1, 0.15) is 17.3 Å². The molecule has 0 unspecified atom stereocenters. The molecule has 0 fully saturated rings. The van der Waals surface area contributed by atoms with Gasteiger partial charge in [-0.2, -0.15) is 5.10 Å². The van der Waals surface area contributed by atoms with Crippen molar-refractivity contribution in [2.45, 2.75) is 18.2 Å². The van der Waals surface area contributed by atoms with Crippen LogP contribution in [-0.2, 0) is 14.8 Å². The second-order valence-electron chi connectivity index (χ2n) is 4.48. The molecule has 0 spiro atoms. The van der Waals surface area contributed by atoms with Crippen LogP contribution >= 0.6 is 0 Å². The molecule has 0 atom stereocenters. The molecular weight excluding hydrogens is 367 g/mol. The number of alkyl halides is 3. The number of rotatable bonds is 6. The fraction of sp³-hybridized carbons (Fsp3) is 0.231. The summed E-state index contributed by atoms with van der Waals surface area (Å²) in [4.78, 5) is 10.9. The quantitative estimate of drug-likeness (QED) is 0.745. The Morgan fingerprint density at radius 3 is 2.64 bits per heavy atom. The Kier molecular flexibility index (Phi) is 5.21. The highest BCUT2D eigenvalue weighted by Gasteiger charge is 2.34. The van der Waals surface area contributed by atoms with Gasteiger partial charge in [0.1, 0.15) is 22.0 Å². The number of ether oxygens (including phenoxy) is 2. The fourth-order valence-corrected chi connectivity index (χ4v) is 2.96. The molecule has 0 saturated carbocycles. The van der Waals surface area contributed by atoms with E-state index >= 15 is 0 Å². The lowest BCUT2D eigenvalue weighted by Gasteiger charge is -2.14. The second-order valence-corrected chi connectivity index (χ2v) is 6.13. The third kappa shape index (κ3) is 4.62. The zero-order valence-corrected chi connectivity index (χ0v) is 13.4. The maximum atomic E-state index is 12.4. The third-order valence-electron chi connectivity index (χ3n) is 2.74. The molecule has 2 aromatic rings. The van der Waals surface area contributed by atoms with Crippen LogP contribution in [0.2, 0.25) is 0 Å². The van der Waals surface area contributed by atoms with Crippen molar-refractivity contribution in [3.63, 3.8) is 0 Å². The summed E-state index contributed by atoms with van der Waals surface area (Å²) in [6.07, 6.45) is -4.05. The van der Waals surface area contributed by atoms with Crippen molar-refractivity contribution in [2.75, 3.05) is 11.3 Å². The molecule has 12 heteroatoms. The molecule has 0 radical (unpaired) electrons. The molecule has 8 nitrogen and oxygen atoms in total. The number of hydrogen-bond donors (Lipinski definition) is 2. The van der Waals surface area contributed by atoms with Crippen molar-refractivity contribution in [3.05, 3.63) is 36.0 Å². The number of nitrogens with zero attached hydrogens (tertiary/aromatic N) is 1. The first kappa shape index (κ1) is 18.6. The van der Waals surface area contributed by atoms with Gasteiger partial charge in [-0.1, -0.05) is 12.1 Å². The molecule has 2 rings (SSSR count). The van der Waals surface area contributed by atoms with Gasteiger partial charge in [0.2, 0.25) is 0 Å². The van der Waals surface area contributed by atoms with E-state index in [9.17, 15) is 26.4 Å². The molecule has 0 amide bonds. The number of nitrogens with one attached hydrogen (secondary N) is 2. The van der Waals surface area contributed by atoms with Crippen molar-refractivity contribution in [3.8, 4) is 5.75 Å². The van der Waals surface area contributed by atoms with Gasteiger partial charge in [0, 0.05) is 0 Å². The summed E-state index contributed by atoms with van der Waals surface area (Å²) in [5.74, 6) is -2.12. The van der Waals surface area contributed by atoms with E-state index in [4.69, 9.17) is 4.74 Å². The first-order chi connectivity index (χ1) is 11.6. The normalized spacial score (nSPS) is 11.8. The Labute approximate surface area is 140 Å². The molecule has 1 heterocycles. The maximum Gasteiger partial charge on any atom is 0.573 e. The summed E-state index contributed by atoms with van der Waals surface area (Å²) in [7, 11) is -4.51. The van der Waals surface area contributed by atoms with Crippen molar-refractivity contribution in [2.24, 2.45) is 0 Å². The Morgan fingerprint density at radius 1 is 1.32 bits per heavy atom. The predicted octanol–water partition coefficient (Wildman–Crippen LogP) is 2.29. The van der Waals surface area contributed by atoms with E-state index in [2.05, 4.69) is 14.9 Å². The van der Waals surface area contributed by atoms with E-state index in [1.165, 1.54) is 12.1 Å². The SMILES string of the molecule is CCOC(=O)c1cn[nH]c1NS(=O)(=O)c1ccccc1OC(F)(F)F.